The van der Waals surface area contributed by atoms with Crippen molar-refractivity contribution in [3.8, 4) is 0 Å². The number of aromatic amines is 1. The monoisotopic (exact) mass is 248 g/mol. The minimum atomic E-state index is -0.110. The summed E-state index contributed by atoms with van der Waals surface area (Å²) < 4.78 is 1.83. The largest absolute Gasteiger partial charge is 0.351 e. The van der Waals surface area contributed by atoms with Gasteiger partial charge in [-0.2, -0.15) is 5.10 Å². The molecule has 18 heavy (non-hydrogen) atoms. The number of nitrogens with zero attached hydrogens (tertiary/aromatic N) is 4. The van der Waals surface area contributed by atoms with E-state index >= 15 is 0 Å². The molecule has 2 heterocycles. The van der Waals surface area contributed by atoms with Gasteiger partial charge in [0.05, 0.1) is 11.3 Å². The molecule has 0 bridgehead atoms. The number of carbonyl (C=O) groups excluding carboxylic acids is 1. The van der Waals surface area contributed by atoms with Gasteiger partial charge >= 0.3 is 0 Å². The molecule has 0 aliphatic rings. The summed E-state index contributed by atoms with van der Waals surface area (Å²) in [5.74, 6) is 0.733. The van der Waals surface area contributed by atoms with E-state index in [1.807, 2.05) is 18.5 Å². The van der Waals surface area contributed by atoms with E-state index in [0.717, 1.165) is 11.5 Å². The molecule has 2 aromatic heterocycles. The lowest BCUT2D eigenvalue weighted by Crippen LogP contribution is -2.27. The van der Waals surface area contributed by atoms with Gasteiger partial charge in [-0.05, 0) is 13.8 Å². The van der Waals surface area contributed by atoms with Crippen LogP contribution >= 0.6 is 0 Å². The first-order valence-corrected chi connectivity index (χ1v) is 5.72. The van der Waals surface area contributed by atoms with Crippen molar-refractivity contribution in [2.75, 3.05) is 6.54 Å². The van der Waals surface area contributed by atoms with Crippen molar-refractivity contribution in [1.82, 2.24) is 30.3 Å². The molecule has 0 aromatic carbocycles. The van der Waals surface area contributed by atoms with Crippen LogP contribution < -0.4 is 5.32 Å². The Labute approximate surface area is 105 Å². The fraction of sp³-hybridized carbons (Fsp3) is 0.455. The van der Waals surface area contributed by atoms with Gasteiger partial charge in [-0.1, -0.05) is 0 Å². The van der Waals surface area contributed by atoms with E-state index in [0.29, 0.717) is 24.2 Å². The third-order valence-electron chi connectivity index (χ3n) is 2.79. The van der Waals surface area contributed by atoms with Gasteiger partial charge < -0.3 is 9.88 Å². The molecular weight excluding hydrogens is 232 g/mol. The van der Waals surface area contributed by atoms with Crippen molar-refractivity contribution in [2.45, 2.75) is 20.3 Å². The van der Waals surface area contributed by atoms with Crippen molar-refractivity contribution in [2.24, 2.45) is 7.05 Å². The highest BCUT2D eigenvalue weighted by atomic mass is 16.1. The second-order valence-electron chi connectivity index (χ2n) is 4.17. The average molecular weight is 248 g/mol. The molecule has 2 N–H and O–H groups in total. The predicted octanol–water partition coefficient (Wildman–Crippen LogP) is 0.128. The van der Waals surface area contributed by atoms with Gasteiger partial charge in [0.2, 0.25) is 0 Å². The number of amides is 1. The van der Waals surface area contributed by atoms with Gasteiger partial charge in [-0.3, -0.25) is 9.89 Å². The third kappa shape index (κ3) is 2.39. The molecule has 0 fully saturated rings. The zero-order valence-corrected chi connectivity index (χ0v) is 10.7. The maximum absolute atomic E-state index is 11.9. The smallest absolute Gasteiger partial charge is 0.255 e. The van der Waals surface area contributed by atoms with Crippen LogP contribution in [0.25, 0.3) is 0 Å². The van der Waals surface area contributed by atoms with Crippen molar-refractivity contribution in [3.63, 3.8) is 0 Å². The molecule has 0 aliphatic carbocycles. The Bertz CT molecular complexity index is 536. The summed E-state index contributed by atoms with van der Waals surface area (Å²) in [5.41, 5.74) is 2.11. The molecule has 0 unspecified atom stereocenters. The number of H-pyrrole nitrogens is 1. The topological polar surface area (TPSA) is 88.5 Å². The highest BCUT2D eigenvalue weighted by Gasteiger charge is 2.14. The number of carbonyl (C=O) groups is 1. The van der Waals surface area contributed by atoms with Crippen molar-refractivity contribution >= 4 is 5.91 Å². The van der Waals surface area contributed by atoms with Crippen LogP contribution in [0.4, 0.5) is 0 Å². The van der Waals surface area contributed by atoms with Crippen LogP contribution in [-0.2, 0) is 13.5 Å². The molecule has 0 saturated heterocycles. The quantitative estimate of drug-likeness (QED) is 0.804. The van der Waals surface area contributed by atoms with E-state index in [9.17, 15) is 4.79 Å². The van der Waals surface area contributed by atoms with Crippen molar-refractivity contribution < 1.29 is 4.79 Å². The Kier molecular flexibility index (Phi) is 3.40. The molecule has 2 rings (SSSR count). The molecule has 0 saturated carbocycles. The van der Waals surface area contributed by atoms with Crippen LogP contribution in [-0.4, -0.2) is 37.4 Å². The maximum Gasteiger partial charge on any atom is 0.255 e. The molecule has 0 aliphatic heterocycles. The fourth-order valence-corrected chi connectivity index (χ4v) is 1.80. The lowest BCUT2D eigenvalue weighted by molar-refractivity contribution is 0.0952. The van der Waals surface area contributed by atoms with Crippen LogP contribution in [0.1, 0.15) is 27.6 Å². The Morgan fingerprint density at radius 3 is 2.83 bits per heavy atom. The molecule has 1 amide bonds. The fourth-order valence-electron chi connectivity index (χ4n) is 1.80. The number of hydrogen-bond donors (Lipinski definition) is 2. The van der Waals surface area contributed by atoms with E-state index < -0.39 is 0 Å². The van der Waals surface area contributed by atoms with Gasteiger partial charge in [0, 0.05) is 25.7 Å². The Morgan fingerprint density at radius 2 is 2.28 bits per heavy atom. The Balaban J connectivity index is 1.92. The molecule has 0 spiro atoms. The Morgan fingerprint density at radius 1 is 1.50 bits per heavy atom. The number of hydrogen-bond acceptors (Lipinski definition) is 4. The first kappa shape index (κ1) is 12.3. The van der Waals surface area contributed by atoms with Gasteiger partial charge in [0.25, 0.3) is 5.91 Å². The summed E-state index contributed by atoms with van der Waals surface area (Å²) in [4.78, 5) is 11.9. The van der Waals surface area contributed by atoms with Crippen LogP contribution in [0.5, 0.6) is 0 Å². The van der Waals surface area contributed by atoms with Crippen LogP contribution in [0.15, 0.2) is 6.33 Å². The summed E-state index contributed by atoms with van der Waals surface area (Å²) in [6, 6.07) is 0. The maximum atomic E-state index is 11.9. The van der Waals surface area contributed by atoms with Gasteiger partial charge in [-0.25, -0.2) is 0 Å². The first-order chi connectivity index (χ1) is 8.59. The summed E-state index contributed by atoms with van der Waals surface area (Å²) in [7, 11) is 1.88. The standard InChI is InChI=1S/C11H16N6O/c1-7-10(8(2)15-14-7)11(18)12-5-4-9-16-13-6-17(9)3/h6H,4-5H2,1-3H3,(H,12,18)(H,14,15). The van der Waals surface area contributed by atoms with E-state index in [2.05, 4.69) is 25.7 Å². The SMILES string of the molecule is Cc1n[nH]c(C)c1C(=O)NCCc1nncn1C. The Hall–Kier alpha value is -2.18. The zero-order valence-electron chi connectivity index (χ0n) is 10.7. The molecule has 96 valence electrons. The highest BCUT2D eigenvalue weighted by molar-refractivity contribution is 5.96. The lowest BCUT2D eigenvalue weighted by atomic mass is 10.2. The number of rotatable bonds is 4. The summed E-state index contributed by atoms with van der Waals surface area (Å²) in [6.07, 6.45) is 2.29. The second-order valence-corrected chi connectivity index (χ2v) is 4.17. The van der Waals surface area contributed by atoms with E-state index in [-0.39, 0.29) is 5.91 Å². The second kappa shape index (κ2) is 4.99. The van der Waals surface area contributed by atoms with Crippen LogP contribution in [0.3, 0.4) is 0 Å². The lowest BCUT2D eigenvalue weighted by Gasteiger charge is -2.04. The molecule has 0 atom stereocenters. The van der Waals surface area contributed by atoms with E-state index in [1.165, 1.54) is 0 Å². The molecule has 7 nitrogen and oxygen atoms in total. The van der Waals surface area contributed by atoms with Crippen LogP contribution in [0, 0.1) is 13.8 Å². The number of aromatic nitrogens is 5. The summed E-state index contributed by atoms with van der Waals surface area (Å²) in [5, 5.41) is 17.4. The molecular formula is C11H16N6O. The highest BCUT2D eigenvalue weighted by Crippen LogP contribution is 2.08. The van der Waals surface area contributed by atoms with E-state index in [4.69, 9.17) is 0 Å². The molecule has 2 aromatic rings. The average Bonchev–Trinajstić information content (AvgIpc) is 2.86. The van der Waals surface area contributed by atoms with Crippen molar-refractivity contribution in [3.05, 3.63) is 29.1 Å². The number of nitrogens with one attached hydrogen (secondary N) is 2. The predicted molar refractivity (Wildman–Crippen MR) is 65.1 cm³/mol. The molecule has 0 radical (unpaired) electrons. The van der Waals surface area contributed by atoms with Gasteiger partial charge in [0.1, 0.15) is 12.2 Å². The third-order valence-corrected chi connectivity index (χ3v) is 2.79. The normalized spacial score (nSPS) is 10.6. The summed E-state index contributed by atoms with van der Waals surface area (Å²) >= 11 is 0. The minimum absolute atomic E-state index is 0.110. The van der Waals surface area contributed by atoms with E-state index in [1.54, 1.807) is 13.3 Å². The minimum Gasteiger partial charge on any atom is -0.351 e. The summed E-state index contributed by atoms with van der Waals surface area (Å²) in [6.45, 7) is 4.16. The van der Waals surface area contributed by atoms with Crippen molar-refractivity contribution in [1.29, 1.82) is 0 Å². The van der Waals surface area contributed by atoms with Gasteiger partial charge in [-0.15, -0.1) is 10.2 Å². The number of aryl methyl sites for hydroxylation is 3. The molecule has 7 heteroatoms. The van der Waals surface area contributed by atoms with Crippen LogP contribution in [0.2, 0.25) is 0 Å². The first-order valence-electron chi connectivity index (χ1n) is 5.72. The van der Waals surface area contributed by atoms with Gasteiger partial charge in [0.15, 0.2) is 0 Å². The zero-order chi connectivity index (χ0) is 13.1.